The van der Waals surface area contributed by atoms with Crippen molar-refractivity contribution in [2.24, 2.45) is 0 Å². The number of hydrogen-bond donors (Lipinski definition) is 2. The van der Waals surface area contributed by atoms with E-state index in [0.29, 0.717) is 18.7 Å². The Bertz CT molecular complexity index is 1220. The summed E-state index contributed by atoms with van der Waals surface area (Å²) in [6.45, 7) is 4.04. The molecule has 2 N–H and O–H groups in total. The first-order valence-electron chi connectivity index (χ1n) is 9.21. The maximum Gasteiger partial charge on any atom is 0.335 e. The van der Waals surface area contributed by atoms with Crippen LogP contribution in [0.5, 0.6) is 11.8 Å². The van der Waals surface area contributed by atoms with E-state index in [1.54, 1.807) is 19.1 Å². The number of rotatable bonds is 8. The molecule has 3 heterocycles. The van der Waals surface area contributed by atoms with Gasteiger partial charge in [0.05, 0.1) is 25.5 Å². The second-order valence-corrected chi connectivity index (χ2v) is 8.07. The van der Waals surface area contributed by atoms with Gasteiger partial charge in [-0.1, -0.05) is 24.9 Å². The standard InChI is InChI=1S/C17H20ClN7O5S/c1-4-6-10-7-8-11-19-14(18)15(25(11)23-10)31(27,28)24-17(26)22-16-20-12(29-3)9-13(21-16)30-5-2/h7-9H,4-6H2,1-3H3,(H2,20,21,22,24,26). The van der Waals surface area contributed by atoms with Gasteiger partial charge in [-0.25, -0.2) is 14.5 Å². The Morgan fingerprint density at radius 2 is 1.94 bits per heavy atom. The Labute approximate surface area is 183 Å². The zero-order valence-corrected chi connectivity index (χ0v) is 18.5. The maximum atomic E-state index is 12.8. The fourth-order valence-electron chi connectivity index (χ4n) is 2.62. The Hall–Kier alpha value is -3.19. The molecule has 12 nitrogen and oxygen atoms in total. The lowest BCUT2D eigenvalue weighted by molar-refractivity contribution is 0.256. The fourth-order valence-corrected chi connectivity index (χ4v) is 4.11. The SMILES string of the molecule is CCCc1ccc2nc(Cl)c(S(=O)(=O)NC(=O)Nc3nc(OC)cc(OCC)n3)n2n1. The van der Waals surface area contributed by atoms with Crippen LogP contribution in [0.1, 0.15) is 26.0 Å². The Kier molecular flexibility index (Phi) is 6.75. The summed E-state index contributed by atoms with van der Waals surface area (Å²) in [5.41, 5.74) is 0.876. The van der Waals surface area contributed by atoms with Crippen LogP contribution in [0.3, 0.4) is 0 Å². The molecule has 3 rings (SSSR count). The smallest absolute Gasteiger partial charge is 0.335 e. The van der Waals surface area contributed by atoms with E-state index in [-0.39, 0.29) is 28.5 Å². The first-order chi connectivity index (χ1) is 14.8. The number of aromatic nitrogens is 5. The van der Waals surface area contributed by atoms with E-state index in [0.717, 1.165) is 10.9 Å². The van der Waals surface area contributed by atoms with Crippen molar-refractivity contribution < 1.29 is 22.7 Å². The van der Waals surface area contributed by atoms with Crippen molar-refractivity contribution in [1.29, 1.82) is 0 Å². The number of carbonyl (C=O) groups is 1. The summed E-state index contributed by atoms with van der Waals surface area (Å²) in [6.07, 6.45) is 1.45. The van der Waals surface area contributed by atoms with Crippen LogP contribution in [0.25, 0.3) is 5.65 Å². The van der Waals surface area contributed by atoms with Crippen LogP contribution < -0.4 is 19.5 Å². The van der Waals surface area contributed by atoms with E-state index >= 15 is 0 Å². The van der Waals surface area contributed by atoms with Crippen LogP contribution in [0.4, 0.5) is 10.7 Å². The molecule has 0 aliphatic rings. The molecule has 0 bridgehead atoms. The third kappa shape index (κ3) is 5.11. The second kappa shape index (κ2) is 9.31. The molecule has 0 unspecified atom stereocenters. The summed E-state index contributed by atoms with van der Waals surface area (Å²) in [4.78, 5) is 24.2. The summed E-state index contributed by atoms with van der Waals surface area (Å²) < 4.78 is 38.9. The number of ether oxygens (including phenoxy) is 2. The Balaban J connectivity index is 1.87. The van der Waals surface area contributed by atoms with Crippen molar-refractivity contribution in [3.05, 3.63) is 29.0 Å². The summed E-state index contributed by atoms with van der Waals surface area (Å²) in [5.74, 6) is 0.0437. The minimum atomic E-state index is -4.44. The maximum absolute atomic E-state index is 12.8. The highest BCUT2D eigenvalue weighted by Crippen LogP contribution is 2.22. The van der Waals surface area contributed by atoms with Gasteiger partial charge in [-0.15, -0.1) is 0 Å². The van der Waals surface area contributed by atoms with Crippen molar-refractivity contribution in [2.45, 2.75) is 31.7 Å². The highest BCUT2D eigenvalue weighted by atomic mass is 35.5. The molecule has 0 atom stereocenters. The zero-order chi connectivity index (χ0) is 22.6. The molecular formula is C17H20ClN7O5S. The highest BCUT2D eigenvalue weighted by Gasteiger charge is 2.28. The van der Waals surface area contributed by atoms with Gasteiger partial charge in [0.2, 0.25) is 22.7 Å². The van der Waals surface area contributed by atoms with Crippen LogP contribution in [0, 0.1) is 0 Å². The van der Waals surface area contributed by atoms with Gasteiger partial charge in [0.15, 0.2) is 10.8 Å². The first-order valence-corrected chi connectivity index (χ1v) is 11.1. The average molecular weight is 470 g/mol. The number of halogens is 1. The fraction of sp³-hybridized carbons (Fsp3) is 0.353. The highest BCUT2D eigenvalue weighted by molar-refractivity contribution is 7.90. The quantitative estimate of drug-likeness (QED) is 0.505. The normalized spacial score (nSPS) is 11.4. The van der Waals surface area contributed by atoms with E-state index in [1.165, 1.54) is 13.2 Å². The predicted octanol–water partition coefficient (Wildman–Crippen LogP) is 2.04. The van der Waals surface area contributed by atoms with Crippen LogP contribution in [-0.2, 0) is 16.4 Å². The van der Waals surface area contributed by atoms with Gasteiger partial charge in [0, 0.05) is 0 Å². The molecule has 3 aromatic heterocycles. The summed E-state index contributed by atoms with van der Waals surface area (Å²) in [7, 11) is -3.06. The zero-order valence-electron chi connectivity index (χ0n) is 16.9. The van der Waals surface area contributed by atoms with Gasteiger partial charge in [0.25, 0.3) is 10.0 Å². The molecule has 0 aromatic carbocycles. The molecular weight excluding hydrogens is 450 g/mol. The van der Waals surface area contributed by atoms with Crippen LogP contribution in [-0.4, -0.2) is 52.7 Å². The molecule has 0 saturated heterocycles. The molecule has 0 aliphatic carbocycles. The minimum Gasteiger partial charge on any atom is -0.481 e. The lowest BCUT2D eigenvalue weighted by atomic mass is 10.2. The molecule has 2 amide bonds. The van der Waals surface area contributed by atoms with Crippen LogP contribution in [0.2, 0.25) is 5.15 Å². The molecule has 0 spiro atoms. The molecule has 14 heteroatoms. The molecule has 0 fully saturated rings. The molecule has 0 aliphatic heterocycles. The van der Waals surface area contributed by atoms with Gasteiger partial charge in [-0.05, 0) is 25.5 Å². The topological polar surface area (TPSA) is 150 Å². The van der Waals surface area contributed by atoms with Crippen LogP contribution in [0.15, 0.2) is 23.2 Å². The lowest BCUT2D eigenvalue weighted by Gasteiger charge is -2.10. The molecule has 3 aromatic rings. The van der Waals surface area contributed by atoms with Gasteiger partial charge in [-0.3, -0.25) is 5.32 Å². The number of nitrogens with zero attached hydrogens (tertiary/aromatic N) is 5. The van der Waals surface area contributed by atoms with Crippen molar-refractivity contribution >= 4 is 39.3 Å². The monoisotopic (exact) mass is 469 g/mol. The van der Waals surface area contributed by atoms with Gasteiger partial charge in [0.1, 0.15) is 0 Å². The van der Waals surface area contributed by atoms with Crippen molar-refractivity contribution in [3.8, 4) is 11.8 Å². The number of nitrogens with one attached hydrogen (secondary N) is 2. The van der Waals surface area contributed by atoms with E-state index in [1.807, 2.05) is 11.6 Å². The predicted molar refractivity (Wildman–Crippen MR) is 111 cm³/mol. The summed E-state index contributed by atoms with van der Waals surface area (Å²) in [6, 6.07) is 3.63. The minimum absolute atomic E-state index is 0.120. The number of anilines is 1. The third-order valence-electron chi connectivity index (χ3n) is 3.85. The number of methoxy groups -OCH3 is 1. The number of urea groups is 1. The number of hydrogen-bond acceptors (Lipinski definition) is 9. The second-order valence-electron chi connectivity index (χ2n) is 6.12. The number of fused-ring (bicyclic) bond motifs is 1. The number of amides is 2. The number of sulfonamides is 1. The Morgan fingerprint density at radius 1 is 1.19 bits per heavy atom. The van der Waals surface area contributed by atoms with Gasteiger partial charge < -0.3 is 9.47 Å². The first kappa shape index (κ1) is 22.5. The number of aryl methyl sites for hydroxylation is 1. The van der Waals surface area contributed by atoms with E-state index < -0.39 is 21.1 Å². The largest absolute Gasteiger partial charge is 0.481 e. The Morgan fingerprint density at radius 3 is 2.61 bits per heavy atom. The van der Waals surface area contributed by atoms with E-state index in [2.05, 4.69) is 25.4 Å². The third-order valence-corrected chi connectivity index (χ3v) is 5.55. The van der Waals surface area contributed by atoms with Gasteiger partial charge in [-0.2, -0.15) is 28.0 Å². The van der Waals surface area contributed by atoms with Crippen molar-refractivity contribution in [2.75, 3.05) is 19.0 Å². The molecule has 0 saturated carbocycles. The lowest BCUT2D eigenvalue weighted by Crippen LogP contribution is -2.35. The van der Waals surface area contributed by atoms with Crippen molar-refractivity contribution in [1.82, 2.24) is 29.3 Å². The van der Waals surface area contributed by atoms with E-state index in [4.69, 9.17) is 21.1 Å². The number of imidazole rings is 1. The van der Waals surface area contributed by atoms with Gasteiger partial charge >= 0.3 is 6.03 Å². The number of carbonyl (C=O) groups excluding carboxylic acids is 1. The van der Waals surface area contributed by atoms with Crippen molar-refractivity contribution in [3.63, 3.8) is 0 Å². The van der Waals surface area contributed by atoms with E-state index in [9.17, 15) is 13.2 Å². The molecule has 0 radical (unpaired) electrons. The summed E-state index contributed by atoms with van der Waals surface area (Å²) >= 11 is 6.04. The average Bonchev–Trinajstić information content (AvgIpc) is 3.03. The molecule has 31 heavy (non-hydrogen) atoms. The summed E-state index contributed by atoms with van der Waals surface area (Å²) in [5, 5.41) is 5.71. The van der Waals surface area contributed by atoms with Crippen LogP contribution >= 0.6 is 11.6 Å². The molecule has 166 valence electrons.